The fraction of sp³-hybridized carbons (Fsp3) is 0.944. The number of carbonyl (C=O) groups excluding carboxylic acids is 1. The van der Waals surface area contributed by atoms with Crippen molar-refractivity contribution >= 4 is 5.97 Å². The van der Waals surface area contributed by atoms with Gasteiger partial charge in [-0.15, -0.1) is 0 Å². The van der Waals surface area contributed by atoms with Crippen molar-refractivity contribution in [1.29, 1.82) is 0 Å². The van der Waals surface area contributed by atoms with Crippen LogP contribution in [0.3, 0.4) is 0 Å². The molecular weight excluding hydrogens is 269 g/mol. The van der Waals surface area contributed by atoms with Crippen LogP contribution in [0.15, 0.2) is 0 Å². The average Bonchev–Trinajstić information content (AvgIpc) is 2.45. The Labute approximate surface area is 150 Å². The molecule has 0 aromatic carbocycles. The molecule has 0 radical (unpaired) electrons. The van der Waals surface area contributed by atoms with Crippen molar-refractivity contribution in [3.63, 3.8) is 0 Å². The molecule has 0 aromatic heterocycles. The molecule has 0 aliphatic carbocycles. The molecular formula is C18H36LiNO2. The minimum absolute atomic E-state index is 0. The minimum atomic E-state index is -0.938. The van der Waals surface area contributed by atoms with Gasteiger partial charge in [0.25, 0.3) is 0 Å². The van der Waals surface area contributed by atoms with Crippen LogP contribution < -0.4 is 24.0 Å². The molecule has 0 N–H and O–H groups in total. The molecule has 0 fully saturated rings. The van der Waals surface area contributed by atoms with Crippen molar-refractivity contribution in [1.82, 2.24) is 4.90 Å². The molecule has 0 spiro atoms. The van der Waals surface area contributed by atoms with E-state index in [1.807, 2.05) is 0 Å². The maximum absolute atomic E-state index is 10.8. The summed E-state index contributed by atoms with van der Waals surface area (Å²) in [5, 5.41) is 10.8. The Morgan fingerprint density at radius 3 is 1.45 bits per heavy atom. The summed E-state index contributed by atoms with van der Waals surface area (Å²) in [5.41, 5.74) is 0. The molecule has 4 heteroatoms. The standard InChI is InChI=1S/C18H37NO2.Li/c1-3-5-7-9-11-13-15-19(17-18(20)21)16-14-12-10-8-6-4-2;/h3-17H2,1-2H3,(H,20,21);/q;+1/p-1. The Balaban J connectivity index is 0. The molecule has 0 bridgehead atoms. The molecule has 0 aliphatic rings. The van der Waals surface area contributed by atoms with Gasteiger partial charge in [-0.2, -0.15) is 0 Å². The van der Waals surface area contributed by atoms with Gasteiger partial charge in [-0.3, -0.25) is 4.90 Å². The minimum Gasteiger partial charge on any atom is -0.549 e. The summed E-state index contributed by atoms with van der Waals surface area (Å²) in [5.74, 6) is -0.938. The second-order valence-corrected chi connectivity index (χ2v) is 6.18. The molecule has 0 heterocycles. The van der Waals surface area contributed by atoms with Gasteiger partial charge in [0.1, 0.15) is 0 Å². The van der Waals surface area contributed by atoms with Crippen LogP contribution >= 0.6 is 0 Å². The topological polar surface area (TPSA) is 43.4 Å². The normalized spacial score (nSPS) is 10.7. The van der Waals surface area contributed by atoms with Gasteiger partial charge in [0.15, 0.2) is 0 Å². The van der Waals surface area contributed by atoms with E-state index in [0.29, 0.717) is 0 Å². The third-order valence-corrected chi connectivity index (χ3v) is 4.01. The Kier molecular flexibility index (Phi) is 21.1. The molecule has 22 heavy (non-hydrogen) atoms. The van der Waals surface area contributed by atoms with E-state index in [0.717, 1.165) is 25.9 Å². The smallest absolute Gasteiger partial charge is 0.549 e. The summed E-state index contributed by atoms with van der Waals surface area (Å²) in [6.45, 7) is 6.37. The quantitative estimate of drug-likeness (QED) is 0.312. The van der Waals surface area contributed by atoms with E-state index >= 15 is 0 Å². The Morgan fingerprint density at radius 2 is 1.09 bits per heavy atom. The number of carboxylic acids is 1. The predicted molar refractivity (Wildman–Crippen MR) is 88.2 cm³/mol. The molecule has 3 nitrogen and oxygen atoms in total. The van der Waals surface area contributed by atoms with Crippen LogP contribution in [0.4, 0.5) is 0 Å². The summed E-state index contributed by atoms with van der Waals surface area (Å²) >= 11 is 0. The Morgan fingerprint density at radius 1 is 0.727 bits per heavy atom. The molecule has 126 valence electrons. The van der Waals surface area contributed by atoms with Crippen LogP contribution in [-0.2, 0) is 4.79 Å². The van der Waals surface area contributed by atoms with Crippen molar-refractivity contribution in [2.75, 3.05) is 19.6 Å². The van der Waals surface area contributed by atoms with Crippen molar-refractivity contribution in [2.24, 2.45) is 0 Å². The van der Waals surface area contributed by atoms with E-state index in [-0.39, 0.29) is 25.4 Å². The summed E-state index contributed by atoms with van der Waals surface area (Å²) < 4.78 is 0. The van der Waals surface area contributed by atoms with E-state index in [4.69, 9.17) is 0 Å². The Bertz CT molecular complexity index is 221. The number of carboxylic acid groups (broad SMARTS) is 1. The van der Waals surface area contributed by atoms with E-state index in [2.05, 4.69) is 18.7 Å². The fourth-order valence-corrected chi connectivity index (χ4v) is 2.68. The van der Waals surface area contributed by atoms with Gasteiger partial charge >= 0.3 is 18.9 Å². The first-order valence-electron chi connectivity index (χ1n) is 9.12. The number of nitrogens with zero attached hydrogens (tertiary/aromatic N) is 1. The van der Waals surface area contributed by atoms with Crippen LogP contribution in [0.5, 0.6) is 0 Å². The van der Waals surface area contributed by atoms with Gasteiger partial charge < -0.3 is 9.90 Å². The summed E-state index contributed by atoms with van der Waals surface area (Å²) in [6, 6.07) is 0. The molecule has 0 rings (SSSR count). The van der Waals surface area contributed by atoms with Crippen LogP contribution in [0.2, 0.25) is 0 Å². The molecule has 0 amide bonds. The van der Waals surface area contributed by atoms with Gasteiger partial charge in [0.2, 0.25) is 0 Å². The van der Waals surface area contributed by atoms with Gasteiger partial charge in [-0.25, -0.2) is 0 Å². The summed E-state index contributed by atoms with van der Waals surface area (Å²) in [4.78, 5) is 12.9. The second kappa shape index (κ2) is 19.1. The first kappa shape index (κ1) is 24.3. The zero-order valence-corrected chi connectivity index (χ0v) is 15.4. The molecule has 0 aliphatic heterocycles. The van der Waals surface area contributed by atoms with Gasteiger partial charge in [-0.1, -0.05) is 78.1 Å². The van der Waals surface area contributed by atoms with Crippen LogP contribution in [0.25, 0.3) is 0 Å². The zero-order valence-electron chi connectivity index (χ0n) is 15.4. The van der Waals surface area contributed by atoms with Gasteiger partial charge in [-0.05, 0) is 25.9 Å². The first-order valence-corrected chi connectivity index (χ1v) is 9.12. The maximum Gasteiger partial charge on any atom is 1.00 e. The van der Waals surface area contributed by atoms with Crippen molar-refractivity contribution in [3.8, 4) is 0 Å². The number of hydrogen-bond donors (Lipinski definition) is 0. The Hall–Kier alpha value is 0.0274. The van der Waals surface area contributed by atoms with Crippen LogP contribution in [0.1, 0.15) is 90.9 Å². The fourth-order valence-electron chi connectivity index (χ4n) is 2.68. The number of unbranched alkanes of at least 4 members (excludes halogenated alkanes) is 10. The third kappa shape index (κ3) is 18.1. The third-order valence-electron chi connectivity index (χ3n) is 4.01. The zero-order chi connectivity index (χ0) is 15.8. The summed E-state index contributed by atoms with van der Waals surface area (Å²) in [7, 11) is 0. The monoisotopic (exact) mass is 305 g/mol. The number of hydrogen-bond acceptors (Lipinski definition) is 3. The van der Waals surface area contributed by atoms with Crippen LogP contribution in [0, 0.1) is 0 Å². The van der Waals surface area contributed by atoms with Crippen molar-refractivity contribution in [3.05, 3.63) is 0 Å². The molecule has 0 saturated heterocycles. The predicted octanol–water partition coefficient (Wildman–Crippen LogP) is 0.763. The van der Waals surface area contributed by atoms with E-state index in [1.54, 1.807) is 0 Å². The maximum atomic E-state index is 10.8. The van der Waals surface area contributed by atoms with Crippen molar-refractivity contribution in [2.45, 2.75) is 90.9 Å². The first-order chi connectivity index (χ1) is 10.2. The van der Waals surface area contributed by atoms with E-state index in [9.17, 15) is 9.90 Å². The second-order valence-electron chi connectivity index (χ2n) is 6.18. The molecule has 0 atom stereocenters. The van der Waals surface area contributed by atoms with Gasteiger partial charge in [0, 0.05) is 6.54 Å². The van der Waals surface area contributed by atoms with Crippen LogP contribution in [-0.4, -0.2) is 30.5 Å². The number of aliphatic carboxylic acids is 1. The van der Waals surface area contributed by atoms with E-state index < -0.39 is 5.97 Å². The molecule has 0 unspecified atom stereocenters. The molecule has 0 saturated carbocycles. The largest absolute Gasteiger partial charge is 1.00 e. The van der Waals surface area contributed by atoms with E-state index in [1.165, 1.54) is 64.2 Å². The van der Waals surface area contributed by atoms with Crippen molar-refractivity contribution < 1.29 is 28.8 Å². The average molecular weight is 305 g/mol. The number of rotatable bonds is 16. The number of carbonyl (C=O) groups is 1. The molecule has 0 aromatic rings. The summed E-state index contributed by atoms with van der Waals surface area (Å²) in [6.07, 6.45) is 15.1. The SMILES string of the molecule is CCCCCCCCN(CCCCCCCC)CC(=O)[O-].[Li+]. The van der Waals surface area contributed by atoms with Gasteiger partial charge in [0.05, 0.1) is 5.97 Å².